The van der Waals surface area contributed by atoms with Crippen molar-refractivity contribution < 1.29 is 14.4 Å². The largest absolute Gasteiger partial charge is 0.347 e. The molecule has 0 unspecified atom stereocenters. The van der Waals surface area contributed by atoms with Gasteiger partial charge in [-0.15, -0.1) is 0 Å². The number of benzene rings is 1. The van der Waals surface area contributed by atoms with Crippen LogP contribution >= 0.6 is 0 Å². The molecule has 0 bridgehead atoms. The maximum atomic E-state index is 14.3. The molecule has 2 aliphatic carbocycles. The Bertz CT molecular complexity index is 1010. The molecule has 1 aromatic carbocycles. The van der Waals surface area contributed by atoms with E-state index in [9.17, 15) is 14.4 Å². The number of piperazine rings is 1. The van der Waals surface area contributed by atoms with Gasteiger partial charge in [0.15, 0.2) is 0 Å². The van der Waals surface area contributed by atoms with Gasteiger partial charge < -0.3 is 20.9 Å². The van der Waals surface area contributed by atoms with Gasteiger partial charge in [-0.1, -0.05) is 43.5 Å². The lowest BCUT2D eigenvalue weighted by molar-refractivity contribution is -0.149. The third-order valence-electron chi connectivity index (χ3n) is 9.47. The summed E-state index contributed by atoms with van der Waals surface area (Å²) in [6, 6.07) is 7.13. The van der Waals surface area contributed by atoms with Crippen LogP contribution in [0.25, 0.3) is 0 Å². The van der Waals surface area contributed by atoms with Crippen LogP contribution in [-0.2, 0) is 20.8 Å². The van der Waals surface area contributed by atoms with Crippen molar-refractivity contribution in [1.82, 2.24) is 25.8 Å². The second-order valence-corrected chi connectivity index (χ2v) is 11.8. The van der Waals surface area contributed by atoms with Gasteiger partial charge >= 0.3 is 0 Å². The average Bonchev–Trinajstić information content (AvgIpc) is 3.42. The van der Waals surface area contributed by atoms with E-state index >= 15 is 0 Å². The molecule has 5 atom stereocenters. The van der Waals surface area contributed by atoms with E-state index in [0.717, 1.165) is 64.3 Å². The number of hydrogen-bond donors (Lipinski definition) is 3. The fraction of sp³-hybridized carbons (Fsp3) is 0.700. The molecule has 4 aliphatic rings. The molecule has 38 heavy (non-hydrogen) atoms. The topological polar surface area (TPSA) is 93.8 Å². The van der Waals surface area contributed by atoms with E-state index in [2.05, 4.69) is 39.0 Å². The molecule has 3 N–H and O–H groups in total. The molecule has 208 valence electrons. The molecule has 1 aromatic rings. The van der Waals surface area contributed by atoms with Crippen LogP contribution in [0.4, 0.5) is 0 Å². The van der Waals surface area contributed by atoms with E-state index in [1.54, 1.807) is 7.05 Å². The van der Waals surface area contributed by atoms with Crippen molar-refractivity contribution in [3.8, 4) is 0 Å². The third-order valence-corrected chi connectivity index (χ3v) is 9.47. The summed E-state index contributed by atoms with van der Waals surface area (Å²) in [7, 11) is 1.75. The highest BCUT2D eigenvalue weighted by molar-refractivity contribution is 5.93. The summed E-state index contributed by atoms with van der Waals surface area (Å²) in [5, 5.41) is 9.44. The Hall–Kier alpha value is -2.45. The van der Waals surface area contributed by atoms with E-state index in [4.69, 9.17) is 0 Å². The van der Waals surface area contributed by atoms with Crippen LogP contribution in [-0.4, -0.2) is 78.4 Å². The maximum absolute atomic E-state index is 14.3. The number of fused-ring (bicyclic) bond motifs is 2. The van der Waals surface area contributed by atoms with Crippen LogP contribution in [0.3, 0.4) is 0 Å². The van der Waals surface area contributed by atoms with Crippen molar-refractivity contribution in [2.45, 2.75) is 101 Å². The van der Waals surface area contributed by atoms with Crippen molar-refractivity contribution in [3.63, 3.8) is 0 Å². The van der Waals surface area contributed by atoms with Crippen LogP contribution in [0.2, 0.25) is 0 Å². The number of hydrogen-bond acceptors (Lipinski definition) is 5. The summed E-state index contributed by atoms with van der Waals surface area (Å²) in [5.41, 5.74) is 2.51. The fourth-order valence-electron chi connectivity index (χ4n) is 7.09. The predicted molar refractivity (Wildman–Crippen MR) is 147 cm³/mol. The van der Waals surface area contributed by atoms with E-state index in [0.29, 0.717) is 13.1 Å². The molecule has 2 heterocycles. The number of aryl methyl sites for hydroxylation is 1. The molecule has 2 saturated heterocycles. The Balaban J connectivity index is 1.38. The zero-order valence-electron chi connectivity index (χ0n) is 23.1. The minimum Gasteiger partial charge on any atom is -0.347 e. The molecule has 1 saturated carbocycles. The molecule has 3 fully saturated rings. The van der Waals surface area contributed by atoms with Gasteiger partial charge in [-0.25, -0.2) is 0 Å². The monoisotopic (exact) mass is 523 g/mol. The van der Waals surface area contributed by atoms with E-state index in [1.165, 1.54) is 17.5 Å². The minimum absolute atomic E-state index is 0.0222. The highest BCUT2D eigenvalue weighted by atomic mass is 16.2. The molecule has 2 aliphatic heterocycles. The van der Waals surface area contributed by atoms with Crippen LogP contribution in [0, 0.1) is 5.92 Å². The van der Waals surface area contributed by atoms with Crippen LogP contribution in [0.5, 0.6) is 0 Å². The predicted octanol–water partition coefficient (Wildman–Crippen LogP) is 2.53. The lowest BCUT2D eigenvalue weighted by Crippen LogP contribution is -2.66. The summed E-state index contributed by atoms with van der Waals surface area (Å²) in [6.45, 7) is 3.91. The minimum atomic E-state index is -0.586. The van der Waals surface area contributed by atoms with E-state index in [-0.39, 0.29) is 41.8 Å². The summed E-state index contributed by atoms with van der Waals surface area (Å²) in [4.78, 5) is 45.4. The first kappa shape index (κ1) is 27.1. The number of carbonyl (C=O) groups excluding carboxylic acids is 3. The molecule has 8 heteroatoms. The second-order valence-electron chi connectivity index (χ2n) is 11.8. The number of likely N-dealkylation sites (N-methyl/N-ethyl adjacent to an activating group) is 1. The Morgan fingerprint density at radius 3 is 2.53 bits per heavy atom. The van der Waals surface area contributed by atoms with Crippen molar-refractivity contribution in [2.75, 3.05) is 26.7 Å². The Morgan fingerprint density at radius 2 is 1.74 bits per heavy atom. The quantitative estimate of drug-likeness (QED) is 0.511. The average molecular weight is 524 g/mol. The highest BCUT2D eigenvalue weighted by Crippen LogP contribution is 2.32. The van der Waals surface area contributed by atoms with Crippen molar-refractivity contribution in [3.05, 3.63) is 35.4 Å². The normalized spacial score (nSPS) is 27.6. The molecule has 0 radical (unpaired) electrons. The summed E-state index contributed by atoms with van der Waals surface area (Å²) in [5.74, 6) is -0.192. The highest BCUT2D eigenvalue weighted by Gasteiger charge is 2.45. The van der Waals surface area contributed by atoms with Gasteiger partial charge in [-0.2, -0.15) is 0 Å². The van der Waals surface area contributed by atoms with Crippen LogP contribution in [0.1, 0.15) is 81.9 Å². The second kappa shape index (κ2) is 12.2. The zero-order chi connectivity index (χ0) is 26.6. The van der Waals surface area contributed by atoms with Crippen molar-refractivity contribution >= 4 is 17.7 Å². The lowest BCUT2D eigenvalue weighted by atomic mass is 9.82. The van der Waals surface area contributed by atoms with Crippen molar-refractivity contribution in [1.29, 1.82) is 0 Å². The van der Waals surface area contributed by atoms with Gasteiger partial charge in [0, 0.05) is 19.1 Å². The maximum Gasteiger partial charge on any atom is 0.246 e. The lowest BCUT2D eigenvalue weighted by Gasteiger charge is -2.45. The molecular weight excluding hydrogens is 478 g/mol. The van der Waals surface area contributed by atoms with E-state index < -0.39 is 12.1 Å². The molecule has 0 aromatic heterocycles. The van der Waals surface area contributed by atoms with Crippen molar-refractivity contribution in [2.24, 2.45) is 5.92 Å². The van der Waals surface area contributed by atoms with E-state index in [1.807, 2.05) is 17.9 Å². The molecule has 0 spiro atoms. The first-order valence-corrected chi connectivity index (χ1v) is 14.9. The first-order valence-electron chi connectivity index (χ1n) is 14.9. The fourth-order valence-corrected chi connectivity index (χ4v) is 7.09. The number of nitrogens with zero attached hydrogens (tertiary/aromatic N) is 2. The SMILES string of the molecule is CN[C@@H](C)C(=O)N[C@H](C(=O)N1C[C@@H]2CCCN2C[C@H]1C(=O)N[C@@H]1CCCc2ccccc21)C1CCCCC1. The van der Waals surface area contributed by atoms with Crippen LogP contribution in [0.15, 0.2) is 24.3 Å². The Labute approximate surface area is 227 Å². The summed E-state index contributed by atoms with van der Waals surface area (Å²) >= 11 is 0. The van der Waals surface area contributed by atoms with Gasteiger partial charge in [-0.3, -0.25) is 19.3 Å². The molecular formula is C30H45N5O3. The Kier molecular flexibility index (Phi) is 8.68. The number of rotatable bonds is 7. The zero-order valence-corrected chi connectivity index (χ0v) is 23.1. The van der Waals surface area contributed by atoms with Gasteiger partial charge in [-0.05, 0) is 82.5 Å². The smallest absolute Gasteiger partial charge is 0.246 e. The molecule has 3 amide bonds. The van der Waals surface area contributed by atoms with Crippen LogP contribution < -0.4 is 16.0 Å². The third kappa shape index (κ3) is 5.76. The van der Waals surface area contributed by atoms with Gasteiger partial charge in [0.1, 0.15) is 12.1 Å². The summed E-state index contributed by atoms with van der Waals surface area (Å²) < 4.78 is 0. The van der Waals surface area contributed by atoms with Gasteiger partial charge in [0.2, 0.25) is 17.7 Å². The number of carbonyl (C=O) groups is 3. The molecule has 5 rings (SSSR count). The Morgan fingerprint density at radius 1 is 0.947 bits per heavy atom. The standard InChI is InChI=1S/C30H45N5O3/c1-20(31-2)28(36)33-27(22-11-4-3-5-12-22)30(38)35-18-23-14-9-17-34(23)19-26(35)29(37)32-25-16-8-13-21-10-6-7-15-24(21)25/h6-7,10,15,20,22-23,25-27,31H,3-5,8-9,11-14,16-19H2,1-2H3,(H,32,37)(H,33,36)/t20-,23-,25+,26-,27-/m0/s1. The summed E-state index contributed by atoms with van der Waals surface area (Å²) in [6.07, 6.45) is 10.3. The van der Waals surface area contributed by atoms with Gasteiger partial charge in [0.05, 0.1) is 12.1 Å². The first-order chi connectivity index (χ1) is 18.5. The number of nitrogens with one attached hydrogen (secondary N) is 3. The number of amides is 3. The molecule has 8 nitrogen and oxygen atoms in total. The van der Waals surface area contributed by atoms with Gasteiger partial charge in [0.25, 0.3) is 0 Å².